The molecule has 3 atom stereocenters. The first-order valence-corrected chi connectivity index (χ1v) is 12.9. The van der Waals surface area contributed by atoms with Crippen LogP contribution in [0.2, 0.25) is 0 Å². The van der Waals surface area contributed by atoms with Crippen molar-refractivity contribution < 1.29 is 19.1 Å². The van der Waals surface area contributed by atoms with E-state index in [4.69, 9.17) is 4.74 Å². The summed E-state index contributed by atoms with van der Waals surface area (Å²) in [7, 11) is 0. The molecule has 5 rings (SSSR count). The third-order valence-electron chi connectivity index (χ3n) is 8.00. The van der Waals surface area contributed by atoms with E-state index >= 15 is 0 Å². The van der Waals surface area contributed by atoms with Gasteiger partial charge < -0.3 is 9.64 Å². The largest absolute Gasteiger partial charge is 0.349 e. The zero-order chi connectivity index (χ0) is 25.4. The molecule has 36 heavy (non-hydrogen) atoms. The molecular weight excluding hydrogens is 454 g/mol. The SMILES string of the molecule is CC1C(=O)NC(=O)CC1N1C(=O)c2ccccc2C1OCc1ccc(CN2CCC(C)(C)CC2)cc1. The van der Waals surface area contributed by atoms with Gasteiger partial charge in [0.2, 0.25) is 11.8 Å². The molecule has 0 spiro atoms. The summed E-state index contributed by atoms with van der Waals surface area (Å²) >= 11 is 0. The van der Waals surface area contributed by atoms with E-state index in [9.17, 15) is 14.4 Å². The second kappa shape index (κ2) is 9.79. The van der Waals surface area contributed by atoms with Gasteiger partial charge in [-0.25, -0.2) is 0 Å². The number of nitrogens with one attached hydrogen (secondary N) is 1. The number of imide groups is 1. The Morgan fingerprint density at radius 3 is 2.36 bits per heavy atom. The van der Waals surface area contributed by atoms with Crippen molar-refractivity contribution in [1.29, 1.82) is 0 Å². The van der Waals surface area contributed by atoms with Gasteiger partial charge in [0.25, 0.3) is 5.91 Å². The molecule has 2 aromatic rings. The van der Waals surface area contributed by atoms with E-state index in [2.05, 4.69) is 48.3 Å². The van der Waals surface area contributed by atoms with Crippen molar-refractivity contribution in [2.24, 2.45) is 11.3 Å². The third-order valence-corrected chi connectivity index (χ3v) is 8.00. The Hall–Kier alpha value is -3.03. The number of carbonyl (C=O) groups is 3. The molecule has 3 aliphatic rings. The number of hydrogen-bond donors (Lipinski definition) is 1. The van der Waals surface area contributed by atoms with Gasteiger partial charge in [0, 0.05) is 24.1 Å². The highest BCUT2D eigenvalue weighted by Gasteiger charge is 2.47. The average molecular weight is 490 g/mol. The summed E-state index contributed by atoms with van der Waals surface area (Å²) < 4.78 is 6.33. The lowest BCUT2D eigenvalue weighted by atomic mass is 9.82. The Labute approximate surface area is 212 Å². The molecule has 7 heteroatoms. The van der Waals surface area contributed by atoms with Gasteiger partial charge in [-0.05, 0) is 48.5 Å². The van der Waals surface area contributed by atoms with Crippen LogP contribution in [0.15, 0.2) is 48.5 Å². The Balaban J connectivity index is 1.28. The summed E-state index contributed by atoms with van der Waals surface area (Å²) in [6.45, 7) is 9.97. The maximum absolute atomic E-state index is 13.3. The number of benzene rings is 2. The van der Waals surface area contributed by atoms with Gasteiger partial charge in [-0.15, -0.1) is 0 Å². The highest BCUT2D eigenvalue weighted by atomic mass is 16.5. The third kappa shape index (κ3) is 4.95. The van der Waals surface area contributed by atoms with Gasteiger partial charge >= 0.3 is 0 Å². The molecule has 7 nitrogen and oxygen atoms in total. The maximum atomic E-state index is 13.3. The second-order valence-corrected chi connectivity index (χ2v) is 11.2. The quantitative estimate of drug-likeness (QED) is 0.620. The van der Waals surface area contributed by atoms with Crippen molar-refractivity contribution in [1.82, 2.24) is 15.1 Å². The lowest BCUT2D eigenvalue weighted by Gasteiger charge is -2.38. The molecule has 3 heterocycles. The first-order valence-electron chi connectivity index (χ1n) is 12.9. The predicted octanol–water partition coefficient (Wildman–Crippen LogP) is 4.03. The van der Waals surface area contributed by atoms with Crippen molar-refractivity contribution in [3.63, 3.8) is 0 Å². The van der Waals surface area contributed by atoms with E-state index in [0.29, 0.717) is 17.6 Å². The van der Waals surface area contributed by atoms with Crippen LogP contribution < -0.4 is 5.32 Å². The fraction of sp³-hybridized carbons (Fsp3) is 0.483. The van der Waals surface area contributed by atoms with Crippen molar-refractivity contribution in [2.75, 3.05) is 13.1 Å². The Kier molecular flexibility index (Phi) is 6.70. The molecule has 2 aromatic carbocycles. The topological polar surface area (TPSA) is 79.0 Å². The van der Waals surface area contributed by atoms with Crippen LogP contribution in [-0.4, -0.2) is 46.7 Å². The molecule has 0 radical (unpaired) electrons. The minimum Gasteiger partial charge on any atom is -0.349 e. The van der Waals surface area contributed by atoms with Gasteiger partial charge in [-0.3, -0.25) is 24.6 Å². The molecule has 190 valence electrons. The van der Waals surface area contributed by atoms with E-state index in [1.165, 1.54) is 18.4 Å². The Bertz CT molecular complexity index is 1150. The van der Waals surface area contributed by atoms with Crippen LogP contribution in [0.1, 0.15) is 73.3 Å². The van der Waals surface area contributed by atoms with E-state index in [1.54, 1.807) is 17.9 Å². The van der Waals surface area contributed by atoms with Crippen molar-refractivity contribution in [3.05, 3.63) is 70.8 Å². The summed E-state index contributed by atoms with van der Waals surface area (Å²) in [4.78, 5) is 41.9. The molecule has 0 aliphatic carbocycles. The number of hydrogen-bond acceptors (Lipinski definition) is 5. The first kappa shape index (κ1) is 24.7. The molecule has 0 saturated carbocycles. The molecule has 0 bridgehead atoms. The zero-order valence-electron chi connectivity index (χ0n) is 21.3. The fourth-order valence-corrected chi connectivity index (χ4v) is 5.47. The minimum atomic E-state index is -0.642. The smallest absolute Gasteiger partial charge is 0.256 e. The second-order valence-electron chi connectivity index (χ2n) is 11.2. The van der Waals surface area contributed by atoms with Gasteiger partial charge in [-0.1, -0.05) is 63.2 Å². The number of carbonyl (C=O) groups excluding carboxylic acids is 3. The number of nitrogens with zero attached hydrogens (tertiary/aromatic N) is 2. The van der Waals surface area contributed by atoms with Crippen LogP contribution >= 0.6 is 0 Å². The Morgan fingerprint density at radius 1 is 0.972 bits per heavy atom. The molecular formula is C29H35N3O4. The van der Waals surface area contributed by atoms with Crippen LogP contribution in [0.25, 0.3) is 0 Å². The van der Waals surface area contributed by atoms with E-state index in [1.807, 2.05) is 18.2 Å². The molecule has 3 amide bonds. The van der Waals surface area contributed by atoms with Gasteiger partial charge in [-0.2, -0.15) is 0 Å². The van der Waals surface area contributed by atoms with Crippen LogP contribution in [0.5, 0.6) is 0 Å². The number of rotatable bonds is 6. The summed E-state index contributed by atoms with van der Waals surface area (Å²) in [5.41, 5.74) is 4.08. The van der Waals surface area contributed by atoms with Crippen LogP contribution in [-0.2, 0) is 27.5 Å². The van der Waals surface area contributed by atoms with E-state index < -0.39 is 18.2 Å². The molecule has 2 saturated heterocycles. The standard InChI is InChI=1S/C29H35N3O4/c1-19-24(16-25(33)30-26(19)34)32-27(35)22-6-4-5-7-23(22)28(32)36-18-21-10-8-20(9-11-21)17-31-14-12-29(2,3)13-15-31/h4-11,19,24,28H,12-18H2,1-3H3,(H,30,33,34). The summed E-state index contributed by atoms with van der Waals surface area (Å²) in [5, 5.41) is 2.37. The lowest BCUT2D eigenvalue weighted by molar-refractivity contribution is -0.142. The zero-order valence-corrected chi connectivity index (χ0v) is 21.3. The van der Waals surface area contributed by atoms with E-state index in [0.717, 1.165) is 30.8 Å². The lowest BCUT2D eigenvalue weighted by Crippen LogP contribution is -2.55. The first-order chi connectivity index (χ1) is 17.2. The normalized spacial score (nSPS) is 26.1. The molecule has 2 fully saturated rings. The number of fused-ring (bicyclic) bond motifs is 1. The minimum absolute atomic E-state index is 0.0782. The van der Waals surface area contributed by atoms with Gasteiger partial charge in [0.05, 0.1) is 18.6 Å². The highest BCUT2D eigenvalue weighted by molar-refractivity contribution is 6.03. The highest BCUT2D eigenvalue weighted by Crippen LogP contribution is 2.39. The van der Waals surface area contributed by atoms with E-state index in [-0.39, 0.29) is 24.1 Å². The fourth-order valence-electron chi connectivity index (χ4n) is 5.47. The predicted molar refractivity (Wildman–Crippen MR) is 136 cm³/mol. The monoisotopic (exact) mass is 489 g/mol. The number of piperidine rings is 2. The van der Waals surface area contributed by atoms with Crippen molar-refractivity contribution in [3.8, 4) is 0 Å². The number of likely N-dealkylation sites (tertiary alicyclic amines) is 1. The number of amides is 3. The summed E-state index contributed by atoms with van der Waals surface area (Å²) in [6.07, 6.45) is 1.89. The van der Waals surface area contributed by atoms with Crippen LogP contribution in [0.4, 0.5) is 0 Å². The van der Waals surface area contributed by atoms with Crippen LogP contribution in [0, 0.1) is 11.3 Å². The molecule has 1 N–H and O–H groups in total. The number of ether oxygens (including phenoxy) is 1. The van der Waals surface area contributed by atoms with Crippen molar-refractivity contribution in [2.45, 2.75) is 65.5 Å². The van der Waals surface area contributed by atoms with Gasteiger partial charge in [0.15, 0.2) is 6.23 Å². The molecule has 3 aliphatic heterocycles. The maximum Gasteiger partial charge on any atom is 0.256 e. The average Bonchev–Trinajstić information content (AvgIpc) is 3.14. The Morgan fingerprint density at radius 2 is 1.64 bits per heavy atom. The summed E-state index contributed by atoms with van der Waals surface area (Å²) in [5.74, 6) is -1.42. The summed E-state index contributed by atoms with van der Waals surface area (Å²) in [6, 6.07) is 15.3. The molecule has 0 aromatic heterocycles. The van der Waals surface area contributed by atoms with Crippen LogP contribution in [0.3, 0.4) is 0 Å². The van der Waals surface area contributed by atoms with Crippen molar-refractivity contribution >= 4 is 17.7 Å². The molecule has 3 unspecified atom stereocenters. The van der Waals surface area contributed by atoms with Gasteiger partial charge in [0.1, 0.15) is 0 Å².